The number of carbonyl (C=O) groups excluding carboxylic acids is 2. The normalized spacial score (nSPS) is 10.6. The molecule has 0 aliphatic carbocycles. The maximum Gasteiger partial charge on any atom is 0.261 e. The number of benzene rings is 2. The van der Waals surface area contributed by atoms with Gasteiger partial charge in [0.25, 0.3) is 5.91 Å². The van der Waals surface area contributed by atoms with Crippen molar-refractivity contribution in [1.29, 1.82) is 0 Å². The lowest BCUT2D eigenvalue weighted by Gasteiger charge is -2.16. The van der Waals surface area contributed by atoms with E-state index in [2.05, 4.69) is 12.2 Å². The van der Waals surface area contributed by atoms with Crippen molar-refractivity contribution in [2.24, 2.45) is 0 Å². The Morgan fingerprint density at radius 2 is 1.85 bits per heavy atom. The molecule has 0 fully saturated rings. The van der Waals surface area contributed by atoms with Gasteiger partial charge in [0.2, 0.25) is 5.91 Å². The van der Waals surface area contributed by atoms with Crippen molar-refractivity contribution in [1.82, 2.24) is 5.32 Å². The van der Waals surface area contributed by atoms with Crippen molar-refractivity contribution in [2.45, 2.75) is 46.5 Å². The Kier molecular flexibility index (Phi) is 6.39. The number of carbonyl (C=O) groups is 2. The van der Waals surface area contributed by atoms with Crippen LogP contribution in [0, 0.1) is 6.92 Å². The van der Waals surface area contributed by atoms with Crippen LogP contribution in [0.2, 0.25) is 0 Å². The fourth-order valence-corrected chi connectivity index (χ4v) is 3.03. The molecule has 0 unspecified atom stereocenters. The lowest BCUT2D eigenvalue weighted by Crippen LogP contribution is -2.29. The van der Waals surface area contributed by atoms with E-state index in [0.29, 0.717) is 17.5 Å². The van der Waals surface area contributed by atoms with Crippen LogP contribution < -0.4 is 5.32 Å². The number of phenolic OH excluding ortho intramolecular Hbond substituents is 2. The van der Waals surface area contributed by atoms with E-state index in [-0.39, 0.29) is 22.6 Å². The van der Waals surface area contributed by atoms with E-state index in [1.165, 1.54) is 13.0 Å². The molecule has 2 amide bonds. The van der Waals surface area contributed by atoms with Gasteiger partial charge >= 0.3 is 0 Å². The van der Waals surface area contributed by atoms with Crippen molar-refractivity contribution in [3.8, 4) is 22.6 Å². The predicted octanol–water partition coefficient (Wildman–Crippen LogP) is 4.08. The van der Waals surface area contributed by atoms with Crippen LogP contribution in [0.25, 0.3) is 11.1 Å². The highest BCUT2D eigenvalue weighted by atomic mass is 16.3. The molecule has 2 aromatic carbocycles. The first-order valence-electron chi connectivity index (χ1n) is 8.81. The molecule has 2 rings (SSSR count). The molecular weight excluding hydrogens is 330 g/mol. The van der Waals surface area contributed by atoms with Gasteiger partial charge < -0.3 is 10.2 Å². The van der Waals surface area contributed by atoms with Crippen LogP contribution in [-0.2, 0) is 11.2 Å². The van der Waals surface area contributed by atoms with Gasteiger partial charge in [0.1, 0.15) is 11.5 Å². The number of phenols is 2. The first kappa shape index (κ1) is 19.5. The van der Waals surface area contributed by atoms with E-state index >= 15 is 0 Å². The molecule has 138 valence electrons. The van der Waals surface area contributed by atoms with Gasteiger partial charge in [-0.3, -0.25) is 14.9 Å². The smallest absolute Gasteiger partial charge is 0.261 e. The molecule has 0 radical (unpaired) electrons. The van der Waals surface area contributed by atoms with Gasteiger partial charge in [-0.1, -0.05) is 49.6 Å². The number of hydrogen-bond donors (Lipinski definition) is 3. The Morgan fingerprint density at radius 1 is 1.12 bits per heavy atom. The number of nitrogens with one attached hydrogen (secondary N) is 1. The van der Waals surface area contributed by atoms with Crippen LogP contribution in [0.4, 0.5) is 0 Å². The molecule has 0 spiro atoms. The largest absolute Gasteiger partial charge is 0.507 e. The molecule has 0 saturated carbocycles. The number of amides is 2. The van der Waals surface area contributed by atoms with E-state index in [1.807, 2.05) is 25.1 Å². The van der Waals surface area contributed by atoms with Crippen LogP contribution in [0.3, 0.4) is 0 Å². The summed E-state index contributed by atoms with van der Waals surface area (Å²) >= 11 is 0. The Morgan fingerprint density at radius 3 is 2.46 bits per heavy atom. The molecule has 0 aromatic heterocycles. The van der Waals surface area contributed by atoms with E-state index in [0.717, 1.165) is 24.8 Å². The van der Waals surface area contributed by atoms with Gasteiger partial charge in [-0.25, -0.2) is 0 Å². The Balaban J connectivity index is 2.61. The minimum atomic E-state index is -0.657. The monoisotopic (exact) mass is 355 g/mol. The number of unbranched alkanes of at least 4 members (excludes halogenated alkanes) is 2. The maximum absolute atomic E-state index is 12.5. The molecular formula is C21H25NO4. The summed E-state index contributed by atoms with van der Waals surface area (Å²) < 4.78 is 0. The van der Waals surface area contributed by atoms with Crippen LogP contribution >= 0.6 is 0 Å². The lowest BCUT2D eigenvalue weighted by molar-refractivity contribution is -0.118. The number of aryl methyl sites for hydroxylation is 2. The second-order valence-electron chi connectivity index (χ2n) is 6.49. The predicted molar refractivity (Wildman–Crippen MR) is 101 cm³/mol. The summed E-state index contributed by atoms with van der Waals surface area (Å²) in [5.74, 6) is -1.55. The Bertz CT molecular complexity index is 827. The molecule has 26 heavy (non-hydrogen) atoms. The van der Waals surface area contributed by atoms with Gasteiger partial charge in [0.15, 0.2) is 0 Å². The quantitative estimate of drug-likeness (QED) is 0.681. The SMILES string of the molecule is CCCCCc1cc(O)c(-c2cccc(C)c2)c(O)c1C(=O)NC(C)=O. The lowest BCUT2D eigenvalue weighted by atomic mass is 9.92. The van der Waals surface area contributed by atoms with E-state index in [9.17, 15) is 19.8 Å². The van der Waals surface area contributed by atoms with Crippen molar-refractivity contribution in [3.05, 3.63) is 47.0 Å². The second-order valence-corrected chi connectivity index (χ2v) is 6.49. The highest BCUT2D eigenvalue weighted by Gasteiger charge is 2.24. The van der Waals surface area contributed by atoms with E-state index < -0.39 is 11.8 Å². The number of imide groups is 1. The zero-order valence-electron chi connectivity index (χ0n) is 15.4. The molecule has 0 aliphatic rings. The fourth-order valence-electron chi connectivity index (χ4n) is 3.03. The summed E-state index contributed by atoms with van der Waals surface area (Å²) in [6, 6.07) is 8.81. The molecule has 0 atom stereocenters. The van der Waals surface area contributed by atoms with Crippen molar-refractivity contribution in [2.75, 3.05) is 0 Å². The third-order valence-corrected chi connectivity index (χ3v) is 4.23. The van der Waals surface area contributed by atoms with Crippen LogP contribution in [0.1, 0.15) is 54.6 Å². The summed E-state index contributed by atoms with van der Waals surface area (Å²) in [6.45, 7) is 5.22. The molecule has 0 saturated heterocycles. The zero-order chi connectivity index (χ0) is 19.3. The van der Waals surface area contributed by atoms with Gasteiger partial charge in [-0.05, 0) is 37.0 Å². The topological polar surface area (TPSA) is 86.6 Å². The average molecular weight is 355 g/mol. The number of rotatable bonds is 6. The highest BCUT2D eigenvalue weighted by Crippen LogP contribution is 2.42. The first-order valence-corrected chi connectivity index (χ1v) is 8.81. The van der Waals surface area contributed by atoms with Crippen LogP contribution in [0.15, 0.2) is 30.3 Å². The summed E-state index contributed by atoms with van der Waals surface area (Å²) in [7, 11) is 0. The van der Waals surface area contributed by atoms with Crippen molar-refractivity contribution >= 4 is 11.8 Å². The molecule has 5 heteroatoms. The third-order valence-electron chi connectivity index (χ3n) is 4.23. The third kappa shape index (κ3) is 4.42. The molecule has 0 aliphatic heterocycles. The second kappa shape index (κ2) is 8.52. The Hall–Kier alpha value is -2.82. The van der Waals surface area contributed by atoms with E-state index in [4.69, 9.17) is 0 Å². The average Bonchev–Trinajstić information content (AvgIpc) is 2.54. The first-order chi connectivity index (χ1) is 12.3. The van der Waals surface area contributed by atoms with Crippen LogP contribution in [-0.4, -0.2) is 22.0 Å². The molecule has 0 heterocycles. The van der Waals surface area contributed by atoms with Gasteiger partial charge in [0, 0.05) is 6.92 Å². The van der Waals surface area contributed by atoms with Gasteiger partial charge in [-0.15, -0.1) is 0 Å². The molecule has 2 aromatic rings. The number of hydrogen-bond acceptors (Lipinski definition) is 4. The summed E-state index contributed by atoms with van der Waals surface area (Å²) in [5.41, 5.74) is 2.34. The summed E-state index contributed by atoms with van der Waals surface area (Å²) in [6.07, 6.45) is 3.33. The van der Waals surface area contributed by atoms with Gasteiger partial charge in [-0.2, -0.15) is 0 Å². The number of aromatic hydroxyl groups is 2. The van der Waals surface area contributed by atoms with Crippen molar-refractivity contribution in [3.63, 3.8) is 0 Å². The standard InChI is InChI=1S/C21H25NO4/c1-4-5-6-9-16-12-17(24)18(15-10-7-8-13(2)11-15)20(25)19(16)21(26)22-14(3)23/h7-8,10-12,24-25H,4-6,9H2,1-3H3,(H,22,23,26). The molecule has 0 bridgehead atoms. The fraction of sp³-hybridized carbons (Fsp3) is 0.333. The van der Waals surface area contributed by atoms with Gasteiger partial charge in [0.05, 0.1) is 11.1 Å². The Labute approximate surface area is 153 Å². The van der Waals surface area contributed by atoms with E-state index in [1.54, 1.807) is 6.07 Å². The zero-order valence-corrected chi connectivity index (χ0v) is 15.4. The molecule has 3 N–H and O–H groups in total. The summed E-state index contributed by atoms with van der Waals surface area (Å²) in [4.78, 5) is 23.8. The minimum absolute atomic E-state index is 0.0469. The van der Waals surface area contributed by atoms with Crippen molar-refractivity contribution < 1.29 is 19.8 Å². The maximum atomic E-state index is 12.5. The minimum Gasteiger partial charge on any atom is -0.507 e. The summed E-state index contributed by atoms with van der Waals surface area (Å²) in [5, 5.41) is 23.5. The molecule has 5 nitrogen and oxygen atoms in total. The highest BCUT2D eigenvalue weighted by molar-refractivity contribution is 6.08. The van der Waals surface area contributed by atoms with Crippen LogP contribution in [0.5, 0.6) is 11.5 Å².